The van der Waals surface area contributed by atoms with Gasteiger partial charge in [-0.1, -0.05) is 48.0 Å². The maximum absolute atomic E-state index is 11.2. The number of hydrogen-bond acceptors (Lipinski definition) is 1. The summed E-state index contributed by atoms with van der Waals surface area (Å²) in [6.07, 6.45) is 0. The molecule has 1 N–H and O–H groups in total. The maximum atomic E-state index is 11.2. The zero-order chi connectivity index (χ0) is 11.5. The quantitative estimate of drug-likeness (QED) is 0.807. The van der Waals surface area contributed by atoms with E-state index < -0.39 is 11.1 Å². The summed E-state index contributed by atoms with van der Waals surface area (Å²) in [5.41, 5.74) is 2.94. The Morgan fingerprint density at radius 1 is 1.00 bits per heavy atom. The molecule has 2 rings (SSSR count). The first-order valence-corrected chi connectivity index (χ1v) is 6.06. The van der Waals surface area contributed by atoms with Gasteiger partial charge < -0.3 is 4.55 Å². The fourth-order valence-corrected chi connectivity index (χ4v) is 2.16. The Morgan fingerprint density at radius 3 is 2.25 bits per heavy atom. The first-order chi connectivity index (χ1) is 7.68. The van der Waals surface area contributed by atoms with Crippen molar-refractivity contribution in [3.8, 4) is 11.1 Å². The third kappa shape index (κ3) is 2.21. The molecule has 0 fully saturated rings. The molecule has 0 radical (unpaired) electrons. The molecule has 2 aromatic carbocycles. The molecule has 3 heteroatoms. The summed E-state index contributed by atoms with van der Waals surface area (Å²) < 4.78 is 20.4. The summed E-state index contributed by atoms with van der Waals surface area (Å²) in [6.45, 7) is 2.01. The molecule has 0 saturated carbocycles. The minimum absolute atomic E-state index is 0.450. The van der Waals surface area contributed by atoms with Crippen LogP contribution in [0.15, 0.2) is 53.4 Å². The van der Waals surface area contributed by atoms with Crippen molar-refractivity contribution in [3.05, 3.63) is 54.1 Å². The Bertz CT molecular complexity index is 518. The molecule has 0 saturated heterocycles. The third-order valence-corrected chi connectivity index (χ3v) is 3.17. The van der Waals surface area contributed by atoms with E-state index in [1.54, 1.807) is 12.1 Å². The van der Waals surface area contributed by atoms with Gasteiger partial charge in [-0.2, -0.15) is 0 Å². The largest absolute Gasteiger partial charge is 0.302 e. The van der Waals surface area contributed by atoms with Crippen LogP contribution >= 0.6 is 0 Å². The van der Waals surface area contributed by atoms with Gasteiger partial charge in [-0.15, -0.1) is 0 Å². The topological polar surface area (TPSA) is 37.3 Å². The van der Waals surface area contributed by atoms with E-state index in [2.05, 4.69) is 0 Å². The smallest absolute Gasteiger partial charge is 0.187 e. The second kappa shape index (κ2) is 4.60. The summed E-state index contributed by atoms with van der Waals surface area (Å²) in [5.74, 6) is 0. The highest BCUT2D eigenvalue weighted by Gasteiger charge is 2.08. The fourth-order valence-electron chi connectivity index (χ4n) is 1.59. The van der Waals surface area contributed by atoms with Crippen LogP contribution in [0.25, 0.3) is 11.1 Å². The van der Waals surface area contributed by atoms with Gasteiger partial charge in [0.2, 0.25) is 0 Å². The normalized spacial score (nSPS) is 12.4. The summed E-state index contributed by atoms with van der Waals surface area (Å²) in [6, 6.07) is 15.1. The number of hydrogen-bond donors (Lipinski definition) is 1. The maximum Gasteiger partial charge on any atom is 0.187 e. The lowest BCUT2D eigenvalue weighted by Crippen LogP contribution is -1.92. The average molecular weight is 232 g/mol. The van der Waals surface area contributed by atoms with Crippen LogP contribution in [0.1, 0.15) is 5.56 Å². The van der Waals surface area contributed by atoms with E-state index in [4.69, 9.17) is 0 Å². The second-order valence-corrected chi connectivity index (χ2v) is 4.55. The Labute approximate surface area is 97.2 Å². The van der Waals surface area contributed by atoms with Crippen molar-refractivity contribution in [1.82, 2.24) is 0 Å². The van der Waals surface area contributed by atoms with Gasteiger partial charge in [-0.3, -0.25) is 0 Å². The van der Waals surface area contributed by atoms with Crippen LogP contribution in [0.4, 0.5) is 0 Å². The van der Waals surface area contributed by atoms with Crippen molar-refractivity contribution in [2.45, 2.75) is 11.8 Å². The van der Waals surface area contributed by atoms with Crippen LogP contribution in [0.5, 0.6) is 0 Å². The summed E-state index contributed by atoms with van der Waals surface area (Å²) in [7, 11) is 0. The minimum atomic E-state index is -1.95. The highest BCUT2D eigenvalue weighted by Crippen LogP contribution is 2.25. The monoisotopic (exact) mass is 232 g/mol. The van der Waals surface area contributed by atoms with Crippen LogP contribution in [0.2, 0.25) is 0 Å². The van der Waals surface area contributed by atoms with Crippen LogP contribution in [0.3, 0.4) is 0 Å². The van der Waals surface area contributed by atoms with Crippen molar-refractivity contribution in [2.75, 3.05) is 0 Å². The van der Waals surface area contributed by atoms with Crippen molar-refractivity contribution >= 4 is 11.1 Å². The van der Waals surface area contributed by atoms with E-state index in [0.717, 1.165) is 11.1 Å². The molecule has 0 aromatic heterocycles. The van der Waals surface area contributed by atoms with Gasteiger partial charge in [0.25, 0.3) is 0 Å². The van der Waals surface area contributed by atoms with Gasteiger partial charge in [0, 0.05) is 5.56 Å². The molecule has 2 nitrogen and oxygen atoms in total. The number of benzene rings is 2. The predicted octanol–water partition coefficient (Wildman–Crippen LogP) is 3.24. The van der Waals surface area contributed by atoms with Crippen molar-refractivity contribution in [2.24, 2.45) is 0 Å². The highest BCUT2D eigenvalue weighted by molar-refractivity contribution is 7.79. The van der Waals surface area contributed by atoms with E-state index in [1.165, 1.54) is 5.56 Å². The lowest BCUT2D eigenvalue weighted by atomic mass is 10.0. The molecular formula is C13H12O2S. The molecule has 2 aromatic rings. The molecule has 16 heavy (non-hydrogen) atoms. The predicted molar refractivity (Wildman–Crippen MR) is 65.7 cm³/mol. The van der Waals surface area contributed by atoms with E-state index in [1.807, 2.05) is 43.3 Å². The Kier molecular flexibility index (Phi) is 3.17. The van der Waals surface area contributed by atoms with E-state index in [9.17, 15) is 8.76 Å². The van der Waals surface area contributed by atoms with E-state index >= 15 is 0 Å². The Balaban J connectivity index is 2.55. The fraction of sp³-hybridized carbons (Fsp3) is 0.0769. The molecule has 82 valence electrons. The van der Waals surface area contributed by atoms with Gasteiger partial charge in [0.15, 0.2) is 11.1 Å². The molecular weight excluding hydrogens is 220 g/mol. The molecule has 1 atom stereocenters. The van der Waals surface area contributed by atoms with E-state index in [0.29, 0.717) is 4.90 Å². The SMILES string of the molecule is Cc1ccc(-c2ccccc2S(=O)O)cc1. The second-order valence-electron chi connectivity index (χ2n) is 3.61. The van der Waals surface area contributed by atoms with Gasteiger partial charge in [-0.25, -0.2) is 4.21 Å². The first kappa shape index (κ1) is 11.0. The number of aryl methyl sites for hydroxylation is 1. The van der Waals surface area contributed by atoms with Gasteiger partial charge in [0.1, 0.15) is 0 Å². The van der Waals surface area contributed by atoms with Crippen LogP contribution < -0.4 is 0 Å². The van der Waals surface area contributed by atoms with Crippen molar-refractivity contribution in [3.63, 3.8) is 0 Å². The van der Waals surface area contributed by atoms with Crippen LogP contribution in [-0.4, -0.2) is 8.76 Å². The molecule has 1 unspecified atom stereocenters. The van der Waals surface area contributed by atoms with E-state index in [-0.39, 0.29) is 0 Å². The molecule has 0 amide bonds. The molecule has 0 aliphatic heterocycles. The van der Waals surface area contributed by atoms with Crippen LogP contribution in [0, 0.1) is 6.92 Å². The van der Waals surface area contributed by atoms with Gasteiger partial charge >= 0.3 is 0 Å². The molecule has 0 spiro atoms. The average Bonchev–Trinajstić information content (AvgIpc) is 2.30. The highest BCUT2D eigenvalue weighted by atomic mass is 32.2. The van der Waals surface area contributed by atoms with Gasteiger partial charge in [-0.05, 0) is 18.6 Å². The molecule has 0 bridgehead atoms. The summed E-state index contributed by atoms with van der Waals surface area (Å²) in [4.78, 5) is 0.450. The molecule has 0 aliphatic rings. The van der Waals surface area contributed by atoms with Crippen LogP contribution in [-0.2, 0) is 11.1 Å². The standard InChI is InChI=1S/C13H12O2S/c1-10-6-8-11(9-7-10)12-4-2-3-5-13(12)16(14)15/h2-9H,1H3,(H,14,15). The van der Waals surface area contributed by atoms with Crippen molar-refractivity contribution < 1.29 is 8.76 Å². The Hall–Kier alpha value is -1.45. The summed E-state index contributed by atoms with van der Waals surface area (Å²) >= 11 is -1.95. The van der Waals surface area contributed by atoms with Crippen molar-refractivity contribution in [1.29, 1.82) is 0 Å². The molecule has 0 heterocycles. The zero-order valence-electron chi connectivity index (χ0n) is 8.88. The van der Waals surface area contributed by atoms with Gasteiger partial charge in [0.05, 0.1) is 4.90 Å². The third-order valence-electron chi connectivity index (χ3n) is 2.44. The first-order valence-electron chi connectivity index (χ1n) is 4.95. The Morgan fingerprint density at radius 2 is 1.62 bits per heavy atom. The lowest BCUT2D eigenvalue weighted by molar-refractivity contribution is 0.564. The minimum Gasteiger partial charge on any atom is -0.302 e. The summed E-state index contributed by atoms with van der Waals surface area (Å²) in [5, 5.41) is 0. The zero-order valence-corrected chi connectivity index (χ0v) is 9.70. The molecule has 0 aliphatic carbocycles. The number of rotatable bonds is 2. The lowest BCUT2D eigenvalue weighted by Gasteiger charge is -2.06.